The molecular weight excluding hydrogens is 371 g/mol. The van der Waals surface area contributed by atoms with E-state index >= 15 is 0 Å². The zero-order valence-corrected chi connectivity index (χ0v) is 14.2. The molecule has 0 saturated heterocycles. The van der Waals surface area contributed by atoms with Crippen molar-refractivity contribution in [2.45, 2.75) is 12.8 Å². The van der Waals surface area contributed by atoms with Crippen LogP contribution >= 0.6 is 11.6 Å². The highest BCUT2D eigenvalue weighted by molar-refractivity contribution is 6.32. The molecular formula is C17H13ClF3N3O2. The number of aliphatic hydroxyl groups excluding tert-OH is 1. The van der Waals surface area contributed by atoms with Crippen molar-refractivity contribution in [3.8, 4) is 5.69 Å². The minimum Gasteiger partial charge on any atom is -0.391 e. The first-order valence-corrected chi connectivity index (χ1v) is 7.86. The van der Waals surface area contributed by atoms with Gasteiger partial charge in [-0.1, -0.05) is 23.7 Å². The first-order valence-electron chi connectivity index (χ1n) is 7.49. The maximum absolute atomic E-state index is 13.1. The maximum atomic E-state index is 13.1. The molecule has 0 spiro atoms. The molecule has 5 nitrogen and oxygen atoms in total. The van der Waals surface area contributed by atoms with Crippen LogP contribution in [0, 0.1) is 0 Å². The minimum atomic E-state index is -4.68. The standard InChI is InChI=1S/C17H13ClF3N3O2/c1-22-14-9-6-7-13(17(19,20)21)23-15(9)24(16(26)10(14)8-25)12-5-3-2-4-11(12)18/h2-7,22,25H,8H2,1H3. The number of halogens is 4. The lowest BCUT2D eigenvalue weighted by Crippen LogP contribution is -2.26. The van der Waals surface area contributed by atoms with Crippen molar-refractivity contribution in [2.75, 3.05) is 12.4 Å². The van der Waals surface area contributed by atoms with Crippen LogP contribution in [0.1, 0.15) is 11.3 Å². The quantitative estimate of drug-likeness (QED) is 0.725. The molecule has 0 aliphatic heterocycles. The second-order valence-corrected chi connectivity index (χ2v) is 5.83. The lowest BCUT2D eigenvalue weighted by molar-refractivity contribution is -0.141. The zero-order chi connectivity index (χ0) is 19.1. The number of aliphatic hydroxyl groups is 1. The monoisotopic (exact) mass is 383 g/mol. The van der Waals surface area contributed by atoms with Gasteiger partial charge in [0.15, 0.2) is 0 Å². The van der Waals surface area contributed by atoms with E-state index in [0.717, 1.165) is 10.6 Å². The molecule has 26 heavy (non-hydrogen) atoms. The Balaban J connectivity index is 2.54. The topological polar surface area (TPSA) is 67.2 Å². The molecule has 0 bridgehead atoms. The number of pyridine rings is 2. The fourth-order valence-electron chi connectivity index (χ4n) is 2.76. The van der Waals surface area contributed by atoms with Crippen LogP contribution in [0.15, 0.2) is 41.2 Å². The Morgan fingerprint density at radius 2 is 1.92 bits per heavy atom. The average molecular weight is 384 g/mol. The summed E-state index contributed by atoms with van der Waals surface area (Å²) in [4.78, 5) is 16.6. The fourth-order valence-corrected chi connectivity index (χ4v) is 2.98. The van der Waals surface area contributed by atoms with E-state index in [1.807, 2.05) is 0 Å². The molecule has 0 unspecified atom stereocenters. The summed E-state index contributed by atoms with van der Waals surface area (Å²) >= 11 is 6.14. The van der Waals surface area contributed by atoms with Crippen molar-refractivity contribution >= 4 is 28.3 Å². The molecule has 0 aliphatic carbocycles. The molecule has 0 atom stereocenters. The second kappa shape index (κ2) is 6.62. The summed E-state index contributed by atoms with van der Waals surface area (Å²) in [5, 5.41) is 12.8. The van der Waals surface area contributed by atoms with E-state index in [1.54, 1.807) is 12.1 Å². The second-order valence-electron chi connectivity index (χ2n) is 5.42. The minimum absolute atomic E-state index is 0.00137. The molecule has 2 N–H and O–H groups in total. The molecule has 2 heterocycles. The van der Waals surface area contributed by atoms with Crippen LogP contribution < -0.4 is 10.9 Å². The van der Waals surface area contributed by atoms with Gasteiger partial charge in [-0.25, -0.2) is 4.98 Å². The summed E-state index contributed by atoms with van der Waals surface area (Å²) in [6.45, 7) is -0.601. The first kappa shape index (κ1) is 18.2. The Morgan fingerprint density at radius 1 is 1.23 bits per heavy atom. The summed E-state index contributed by atoms with van der Waals surface area (Å²) in [5.41, 5.74) is -1.65. The van der Waals surface area contributed by atoms with E-state index in [-0.39, 0.29) is 33.0 Å². The lowest BCUT2D eigenvalue weighted by Gasteiger charge is -2.18. The van der Waals surface area contributed by atoms with Gasteiger partial charge in [-0.3, -0.25) is 9.36 Å². The maximum Gasteiger partial charge on any atom is 0.433 e. The molecule has 3 aromatic rings. The van der Waals surface area contributed by atoms with Gasteiger partial charge in [-0.15, -0.1) is 0 Å². The van der Waals surface area contributed by atoms with Crippen molar-refractivity contribution in [3.63, 3.8) is 0 Å². The van der Waals surface area contributed by atoms with E-state index in [9.17, 15) is 23.1 Å². The molecule has 2 aromatic heterocycles. The van der Waals surface area contributed by atoms with Crippen LogP contribution in [-0.2, 0) is 12.8 Å². The molecule has 0 aliphatic rings. The number of rotatable bonds is 3. The highest BCUT2D eigenvalue weighted by Gasteiger charge is 2.33. The van der Waals surface area contributed by atoms with Crippen molar-refractivity contribution in [3.05, 3.63) is 63.0 Å². The van der Waals surface area contributed by atoms with E-state index in [0.29, 0.717) is 0 Å². The number of hydrogen-bond donors (Lipinski definition) is 2. The number of fused-ring (bicyclic) bond motifs is 1. The van der Waals surface area contributed by atoms with Gasteiger partial charge in [0.2, 0.25) is 0 Å². The summed E-state index contributed by atoms with van der Waals surface area (Å²) < 4.78 is 40.4. The fraction of sp³-hybridized carbons (Fsp3) is 0.176. The van der Waals surface area contributed by atoms with E-state index in [2.05, 4.69) is 10.3 Å². The molecule has 0 radical (unpaired) electrons. The molecule has 0 fully saturated rings. The largest absolute Gasteiger partial charge is 0.433 e. The molecule has 0 saturated carbocycles. The molecule has 136 valence electrons. The normalized spacial score (nSPS) is 11.8. The van der Waals surface area contributed by atoms with Gasteiger partial charge in [0.1, 0.15) is 11.3 Å². The number of anilines is 1. The highest BCUT2D eigenvalue weighted by atomic mass is 35.5. The third-order valence-corrected chi connectivity index (χ3v) is 4.23. The number of alkyl halides is 3. The molecule has 0 amide bonds. The molecule has 9 heteroatoms. The van der Waals surface area contributed by atoms with Crippen molar-refractivity contribution in [1.29, 1.82) is 0 Å². The van der Waals surface area contributed by atoms with Crippen molar-refractivity contribution in [1.82, 2.24) is 9.55 Å². The lowest BCUT2D eigenvalue weighted by atomic mass is 10.1. The Hall–Kier alpha value is -2.58. The van der Waals surface area contributed by atoms with Gasteiger partial charge in [0.25, 0.3) is 5.56 Å². The van der Waals surface area contributed by atoms with Crippen LogP contribution in [0.2, 0.25) is 5.02 Å². The summed E-state index contributed by atoms with van der Waals surface area (Å²) in [6, 6.07) is 8.26. The number of nitrogens with zero attached hydrogens (tertiary/aromatic N) is 2. The van der Waals surface area contributed by atoms with Crippen LogP contribution in [-0.4, -0.2) is 21.7 Å². The number of benzene rings is 1. The number of aromatic nitrogens is 2. The van der Waals surface area contributed by atoms with Gasteiger partial charge in [-0.2, -0.15) is 13.2 Å². The average Bonchev–Trinajstić information content (AvgIpc) is 2.60. The first-order chi connectivity index (χ1) is 12.3. The number of nitrogens with one attached hydrogen (secondary N) is 1. The van der Waals surface area contributed by atoms with Gasteiger partial charge in [0, 0.05) is 12.4 Å². The van der Waals surface area contributed by atoms with Gasteiger partial charge in [0.05, 0.1) is 28.6 Å². The summed E-state index contributed by atoms with van der Waals surface area (Å²) in [7, 11) is 1.50. The van der Waals surface area contributed by atoms with E-state index in [4.69, 9.17) is 11.6 Å². The highest BCUT2D eigenvalue weighted by Crippen LogP contribution is 2.33. The van der Waals surface area contributed by atoms with Crippen molar-refractivity contribution in [2.24, 2.45) is 0 Å². The van der Waals surface area contributed by atoms with Gasteiger partial charge in [-0.05, 0) is 24.3 Å². The van der Waals surface area contributed by atoms with Crippen LogP contribution in [0.4, 0.5) is 18.9 Å². The summed E-state index contributed by atoms with van der Waals surface area (Å²) in [5.74, 6) is 0. The predicted octanol–water partition coefficient (Wildman–Crippen LogP) is 3.59. The third kappa shape index (κ3) is 2.91. The number of hydrogen-bond acceptors (Lipinski definition) is 4. The van der Waals surface area contributed by atoms with Gasteiger partial charge < -0.3 is 10.4 Å². The Kier molecular flexibility index (Phi) is 4.64. The Labute approximate surface area is 150 Å². The zero-order valence-electron chi connectivity index (χ0n) is 13.4. The molecule has 1 aromatic carbocycles. The van der Waals surface area contributed by atoms with E-state index < -0.39 is 24.0 Å². The number of para-hydroxylation sites is 1. The van der Waals surface area contributed by atoms with Crippen LogP contribution in [0.3, 0.4) is 0 Å². The molecule has 3 rings (SSSR count). The SMILES string of the molecule is CNc1c(CO)c(=O)n(-c2ccccc2Cl)c2nc(C(F)(F)F)ccc12. The predicted molar refractivity (Wildman–Crippen MR) is 92.8 cm³/mol. The Morgan fingerprint density at radius 3 is 2.50 bits per heavy atom. The van der Waals surface area contributed by atoms with Crippen molar-refractivity contribution < 1.29 is 18.3 Å². The Bertz CT molecular complexity index is 1050. The summed E-state index contributed by atoms with van der Waals surface area (Å²) in [6.07, 6.45) is -4.68. The van der Waals surface area contributed by atoms with Crippen LogP contribution in [0.5, 0.6) is 0 Å². The van der Waals surface area contributed by atoms with Gasteiger partial charge >= 0.3 is 6.18 Å². The van der Waals surface area contributed by atoms with Crippen LogP contribution in [0.25, 0.3) is 16.7 Å². The third-order valence-electron chi connectivity index (χ3n) is 3.91. The smallest absolute Gasteiger partial charge is 0.391 e. The van der Waals surface area contributed by atoms with E-state index in [1.165, 1.54) is 25.2 Å².